The number of amides is 1. The van der Waals surface area contributed by atoms with Crippen molar-refractivity contribution >= 4 is 6.09 Å². The topological polar surface area (TPSA) is 78.6 Å². The average molecular weight is 296 g/mol. The Hall–Kier alpha value is 0.190. The number of rotatable bonds is 0. The van der Waals surface area contributed by atoms with Gasteiger partial charge in [-0.25, -0.2) is 4.79 Å². The number of likely N-dealkylation sites (tertiary alicyclic amines) is 1. The van der Waals surface area contributed by atoms with E-state index in [2.05, 4.69) is 0 Å². The fourth-order valence-corrected chi connectivity index (χ4v) is 1.41. The molecule has 0 aromatic carbocycles. The summed E-state index contributed by atoms with van der Waals surface area (Å²) in [6.07, 6.45) is 1.53. The van der Waals surface area contributed by atoms with E-state index in [0.717, 1.165) is 25.9 Å². The maximum atomic E-state index is 11.6. The van der Waals surface area contributed by atoms with Crippen LogP contribution < -0.4 is 40.4 Å². The molecule has 0 radical (unpaired) electrons. The summed E-state index contributed by atoms with van der Waals surface area (Å²) in [6.45, 7) is 12.0. The molecule has 1 fully saturated rings. The minimum absolute atomic E-state index is 0. The van der Waals surface area contributed by atoms with Gasteiger partial charge in [-0.2, -0.15) is 0 Å². The molecule has 0 aromatic rings. The van der Waals surface area contributed by atoms with Crippen molar-refractivity contribution in [1.82, 2.24) is 4.90 Å². The van der Waals surface area contributed by atoms with Crippen molar-refractivity contribution < 1.29 is 44.2 Å². The zero-order valence-electron chi connectivity index (χ0n) is 14.2. The molecular weight excluding hydrogens is 267 g/mol. The fourth-order valence-electron chi connectivity index (χ4n) is 1.41. The molecule has 5 nitrogen and oxygen atoms in total. The van der Waals surface area contributed by atoms with E-state index in [4.69, 9.17) is 10.5 Å². The standard InChI is InChI=1S/C10H20N2O2.C4H9O.Na/c1-10(2,3)14-9(13)12-6-4-8(11)5-7-12;1-4(2,3)5;/h8H,4-7,11H2,1-3H3;1-3H3;/q;-1;+1. The molecular formula is C14H29N2NaO3. The summed E-state index contributed by atoms with van der Waals surface area (Å²) in [5.41, 5.74) is 4.59. The smallest absolute Gasteiger partial charge is 0.850 e. The Labute approximate surface area is 145 Å². The molecule has 0 spiro atoms. The molecule has 0 aromatic heterocycles. The number of hydrogen-bond acceptors (Lipinski definition) is 4. The van der Waals surface area contributed by atoms with E-state index >= 15 is 0 Å². The number of hydrogen-bond donors (Lipinski definition) is 1. The molecule has 0 aliphatic carbocycles. The van der Waals surface area contributed by atoms with Gasteiger partial charge in [0, 0.05) is 19.1 Å². The van der Waals surface area contributed by atoms with Crippen molar-refractivity contribution in [2.75, 3.05) is 13.1 Å². The Balaban J connectivity index is 0. The second-order valence-corrected chi connectivity index (χ2v) is 6.92. The first-order chi connectivity index (χ1) is 8.38. The summed E-state index contributed by atoms with van der Waals surface area (Å²) in [7, 11) is 0. The molecule has 1 saturated heterocycles. The molecule has 6 heteroatoms. The maximum Gasteiger partial charge on any atom is 1.00 e. The third-order valence-electron chi connectivity index (χ3n) is 2.19. The predicted molar refractivity (Wildman–Crippen MR) is 74.8 cm³/mol. The SMILES string of the molecule is CC(C)(C)OC(=O)N1CCC(N)CC1.CC(C)(C)[O-].[Na+]. The second kappa shape index (κ2) is 9.26. The van der Waals surface area contributed by atoms with Crippen molar-refractivity contribution in [3.05, 3.63) is 0 Å². The zero-order valence-corrected chi connectivity index (χ0v) is 16.2. The number of nitrogens with zero attached hydrogens (tertiary/aromatic N) is 1. The van der Waals surface area contributed by atoms with Crippen LogP contribution in [-0.2, 0) is 4.74 Å². The maximum absolute atomic E-state index is 11.6. The van der Waals surface area contributed by atoms with Crippen LogP contribution in [0.3, 0.4) is 0 Å². The number of piperidine rings is 1. The average Bonchev–Trinajstić information content (AvgIpc) is 2.12. The van der Waals surface area contributed by atoms with Gasteiger partial charge < -0.3 is 20.5 Å². The van der Waals surface area contributed by atoms with E-state index in [0.29, 0.717) is 0 Å². The summed E-state index contributed by atoms with van der Waals surface area (Å²) < 4.78 is 5.26. The van der Waals surface area contributed by atoms with E-state index < -0.39 is 11.2 Å². The summed E-state index contributed by atoms with van der Waals surface area (Å²) in [5, 5.41) is 10.1. The monoisotopic (exact) mass is 296 g/mol. The largest absolute Gasteiger partial charge is 1.00 e. The predicted octanol–water partition coefficient (Wildman–Crippen LogP) is -1.51. The van der Waals surface area contributed by atoms with Crippen LogP contribution in [0.25, 0.3) is 0 Å². The molecule has 0 unspecified atom stereocenters. The van der Waals surface area contributed by atoms with Crippen molar-refractivity contribution in [3.63, 3.8) is 0 Å². The van der Waals surface area contributed by atoms with E-state index in [1.807, 2.05) is 20.8 Å². The van der Waals surface area contributed by atoms with Gasteiger partial charge in [-0.1, -0.05) is 20.8 Å². The first-order valence-electron chi connectivity index (χ1n) is 6.82. The van der Waals surface area contributed by atoms with Crippen LogP contribution >= 0.6 is 0 Å². The number of ether oxygens (including phenoxy) is 1. The number of carbonyl (C=O) groups excluding carboxylic acids is 1. The van der Waals surface area contributed by atoms with Crippen LogP contribution in [-0.4, -0.2) is 41.3 Å². The van der Waals surface area contributed by atoms with Crippen LogP contribution in [0.5, 0.6) is 0 Å². The summed E-state index contributed by atoms with van der Waals surface area (Å²) in [6, 6.07) is 0.244. The van der Waals surface area contributed by atoms with Crippen molar-refractivity contribution in [2.24, 2.45) is 5.73 Å². The molecule has 1 heterocycles. The molecule has 20 heavy (non-hydrogen) atoms. The Morgan fingerprint density at radius 2 is 1.50 bits per heavy atom. The van der Waals surface area contributed by atoms with Gasteiger partial charge in [0.15, 0.2) is 0 Å². The van der Waals surface area contributed by atoms with Gasteiger partial charge in [0.2, 0.25) is 0 Å². The third kappa shape index (κ3) is 14.6. The van der Waals surface area contributed by atoms with Crippen LogP contribution in [0.2, 0.25) is 0 Å². The van der Waals surface area contributed by atoms with Gasteiger partial charge in [0.05, 0.1) is 0 Å². The normalized spacial score (nSPS) is 16.7. The van der Waals surface area contributed by atoms with E-state index in [9.17, 15) is 9.90 Å². The Morgan fingerprint density at radius 1 is 1.15 bits per heavy atom. The Kier molecular flexibility index (Phi) is 10.4. The second-order valence-electron chi connectivity index (χ2n) is 6.92. The molecule has 1 aliphatic rings. The molecule has 1 amide bonds. The number of carbonyl (C=O) groups is 1. The van der Waals surface area contributed by atoms with Gasteiger partial charge >= 0.3 is 35.7 Å². The first kappa shape index (κ1) is 22.5. The van der Waals surface area contributed by atoms with Crippen molar-refractivity contribution in [1.29, 1.82) is 0 Å². The summed E-state index contributed by atoms with van der Waals surface area (Å²) in [5.74, 6) is 0. The molecule has 0 bridgehead atoms. The summed E-state index contributed by atoms with van der Waals surface area (Å²) in [4.78, 5) is 13.3. The molecule has 1 rings (SSSR count). The van der Waals surface area contributed by atoms with Crippen LogP contribution in [0, 0.1) is 0 Å². The Bertz CT molecular complexity index is 271. The zero-order chi connectivity index (χ0) is 15.3. The third-order valence-corrected chi connectivity index (χ3v) is 2.19. The first-order valence-corrected chi connectivity index (χ1v) is 6.82. The van der Waals surface area contributed by atoms with Gasteiger partial charge in [0.25, 0.3) is 0 Å². The summed E-state index contributed by atoms with van der Waals surface area (Å²) >= 11 is 0. The number of nitrogens with two attached hydrogens (primary N) is 1. The molecule has 1 aliphatic heterocycles. The van der Waals surface area contributed by atoms with Crippen LogP contribution in [0.1, 0.15) is 54.4 Å². The van der Waals surface area contributed by atoms with E-state index in [1.54, 1.807) is 25.7 Å². The van der Waals surface area contributed by atoms with E-state index in [1.165, 1.54) is 0 Å². The minimum atomic E-state index is -0.750. The van der Waals surface area contributed by atoms with E-state index in [-0.39, 0.29) is 41.7 Å². The molecule has 0 atom stereocenters. The van der Waals surface area contributed by atoms with Crippen LogP contribution in [0.15, 0.2) is 0 Å². The quantitative estimate of drug-likeness (QED) is 0.552. The van der Waals surface area contributed by atoms with Gasteiger partial charge in [-0.15, -0.1) is 5.60 Å². The van der Waals surface area contributed by atoms with Crippen LogP contribution in [0.4, 0.5) is 4.79 Å². The molecule has 114 valence electrons. The fraction of sp³-hybridized carbons (Fsp3) is 0.929. The molecule has 2 N–H and O–H groups in total. The van der Waals surface area contributed by atoms with Gasteiger partial charge in [-0.05, 0) is 33.6 Å². The minimum Gasteiger partial charge on any atom is -0.850 e. The Morgan fingerprint density at radius 3 is 1.80 bits per heavy atom. The van der Waals surface area contributed by atoms with Gasteiger partial charge in [-0.3, -0.25) is 0 Å². The van der Waals surface area contributed by atoms with Crippen molar-refractivity contribution in [2.45, 2.75) is 71.6 Å². The molecule has 0 saturated carbocycles. The van der Waals surface area contributed by atoms with Crippen molar-refractivity contribution in [3.8, 4) is 0 Å². The van der Waals surface area contributed by atoms with Gasteiger partial charge in [0.1, 0.15) is 5.60 Å².